The first-order chi connectivity index (χ1) is 5.70. The Hall–Kier alpha value is -0.470. The molecule has 0 saturated heterocycles. The number of hydrogen-bond acceptors (Lipinski definition) is 2. The van der Waals surface area contributed by atoms with Crippen LogP contribution in [-0.2, 0) is 11.2 Å². The molecule has 0 N–H and O–H groups in total. The minimum absolute atomic E-state index is 0.394. The Morgan fingerprint density at radius 3 is 2.50 bits per heavy atom. The van der Waals surface area contributed by atoms with Gasteiger partial charge in [-0.1, -0.05) is 30.3 Å². The van der Waals surface area contributed by atoms with E-state index in [1.54, 1.807) is 0 Å². The zero-order chi connectivity index (χ0) is 8.97. The normalized spacial score (nSPS) is 12.5. The van der Waals surface area contributed by atoms with E-state index >= 15 is 0 Å². The van der Waals surface area contributed by atoms with Gasteiger partial charge < -0.3 is 0 Å². The summed E-state index contributed by atoms with van der Waals surface area (Å²) in [6.07, 6.45) is 0.590. The molecule has 0 aliphatic rings. The molecule has 0 amide bonds. The van der Waals surface area contributed by atoms with Gasteiger partial charge in [-0.2, -0.15) is 12.6 Å². The summed E-state index contributed by atoms with van der Waals surface area (Å²) in [5.74, 6) is 0. The fourth-order valence-electron chi connectivity index (χ4n) is 0.918. The topological polar surface area (TPSA) is 17.1 Å². The number of carbonyl (C=O) groups excluding carboxylic acids is 1. The molecular weight excluding hydrogens is 192 g/mol. The van der Waals surface area contributed by atoms with E-state index in [9.17, 15) is 4.79 Å². The lowest BCUT2D eigenvalue weighted by molar-refractivity contribution is -0.111. The molecule has 0 spiro atoms. The molecule has 1 atom stereocenters. The largest absolute Gasteiger partial charge is 0.280 e. The maximum Gasteiger partial charge on any atom is 0.234 e. The number of rotatable bonds is 3. The van der Waals surface area contributed by atoms with Crippen molar-refractivity contribution in [2.75, 3.05) is 0 Å². The lowest BCUT2D eigenvalue weighted by Crippen LogP contribution is -2.11. The van der Waals surface area contributed by atoms with E-state index < -0.39 is 10.5 Å². The van der Waals surface area contributed by atoms with Crippen molar-refractivity contribution in [3.8, 4) is 0 Å². The first kappa shape index (κ1) is 9.62. The average molecular weight is 201 g/mol. The molecule has 3 heteroatoms. The number of halogens is 1. The maximum absolute atomic E-state index is 10.6. The molecule has 1 aromatic carbocycles. The average Bonchev–Trinajstić information content (AvgIpc) is 2.06. The Kier molecular flexibility index (Phi) is 3.63. The van der Waals surface area contributed by atoms with Crippen molar-refractivity contribution < 1.29 is 4.79 Å². The monoisotopic (exact) mass is 200 g/mol. The molecule has 0 aliphatic heterocycles. The SMILES string of the molecule is O=C(Cl)C(S)Cc1ccccc1. The second kappa shape index (κ2) is 4.53. The molecule has 1 unspecified atom stereocenters. The molecule has 0 fully saturated rings. The maximum atomic E-state index is 10.6. The van der Waals surface area contributed by atoms with Crippen molar-refractivity contribution in [2.24, 2.45) is 0 Å². The predicted molar refractivity (Wildman–Crippen MR) is 53.8 cm³/mol. The molecule has 0 aromatic heterocycles. The fraction of sp³-hybridized carbons (Fsp3) is 0.222. The van der Waals surface area contributed by atoms with Crippen LogP contribution in [0.1, 0.15) is 5.56 Å². The quantitative estimate of drug-likeness (QED) is 0.585. The van der Waals surface area contributed by atoms with Crippen molar-refractivity contribution in [3.05, 3.63) is 35.9 Å². The molecule has 0 heterocycles. The summed E-state index contributed by atoms with van der Waals surface area (Å²) in [6, 6.07) is 9.68. The minimum Gasteiger partial charge on any atom is -0.280 e. The van der Waals surface area contributed by atoms with Crippen LogP contribution >= 0.6 is 24.2 Å². The second-order valence-corrected chi connectivity index (χ2v) is 3.51. The summed E-state index contributed by atoms with van der Waals surface area (Å²) in [4.78, 5) is 10.6. The fourth-order valence-corrected chi connectivity index (χ4v) is 1.21. The molecule has 12 heavy (non-hydrogen) atoms. The van der Waals surface area contributed by atoms with E-state index in [4.69, 9.17) is 11.6 Å². The number of thiol groups is 1. The molecule has 1 rings (SSSR count). The molecule has 64 valence electrons. The summed E-state index contributed by atoms with van der Waals surface area (Å²) in [5.41, 5.74) is 1.08. The summed E-state index contributed by atoms with van der Waals surface area (Å²) >= 11 is 9.32. The van der Waals surface area contributed by atoms with Gasteiger partial charge in [0, 0.05) is 0 Å². The number of hydrogen-bond donors (Lipinski definition) is 1. The highest BCUT2D eigenvalue weighted by Gasteiger charge is 2.10. The number of benzene rings is 1. The van der Waals surface area contributed by atoms with E-state index in [0.717, 1.165) is 5.56 Å². The molecule has 0 aliphatic carbocycles. The van der Waals surface area contributed by atoms with Crippen LogP contribution in [0.5, 0.6) is 0 Å². The van der Waals surface area contributed by atoms with Gasteiger partial charge >= 0.3 is 0 Å². The van der Waals surface area contributed by atoms with Gasteiger partial charge in [0.1, 0.15) is 0 Å². The Morgan fingerprint density at radius 1 is 1.42 bits per heavy atom. The first-order valence-electron chi connectivity index (χ1n) is 3.61. The Bertz CT molecular complexity index is 260. The predicted octanol–water partition coefficient (Wildman–Crippen LogP) is 2.29. The first-order valence-corrected chi connectivity index (χ1v) is 4.51. The smallest absolute Gasteiger partial charge is 0.234 e. The van der Waals surface area contributed by atoms with Gasteiger partial charge in [-0.3, -0.25) is 4.79 Å². The molecular formula is C9H9ClOS. The van der Waals surface area contributed by atoms with Gasteiger partial charge in [-0.15, -0.1) is 0 Å². The van der Waals surface area contributed by atoms with Crippen LogP contribution in [0.4, 0.5) is 0 Å². The highest BCUT2D eigenvalue weighted by Crippen LogP contribution is 2.09. The third kappa shape index (κ3) is 2.88. The van der Waals surface area contributed by atoms with Gasteiger partial charge in [0.05, 0.1) is 5.25 Å². The van der Waals surface area contributed by atoms with Crippen LogP contribution in [0.2, 0.25) is 0 Å². The molecule has 1 nitrogen and oxygen atoms in total. The van der Waals surface area contributed by atoms with Crippen LogP contribution < -0.4 is 0 Å². The van der Waals surface area contributed by atoms with Crippen LogP contribution in [0.15, 0.2) is 30.3 Å². The summed E-state index contributed by atoms with van der Waals surface area (Å²) in [5, 5.41) is -0.795. The molecule has 0 bridgehead atoms. The zero-order valence-corrected chi connectivity index (χ0v) is 8.05. The number of carbonyl (C=O) groups is 1. The van der Waals surface area contributed by atoms with Crippen molar-refractivity contribution in [1.29, 1.82) is 0 Å². The van der Waals surface area contributed by atoms with Gasteiger partial charge in [-0.05, 0) is 23.6 Å². The van der Waals surface area contributed by atoms with Gasteiger partial charge in [0.2, 0.25) is 5.24 Å². The highest BCUT2D eigenvalue weighted by molar-refractivity contribution is 7.82. The zero-order valence-electron chi connectivity index (χ0n) is 6.40. The third-order valence-electron chi connectivity index (χ3n) is 1.53. The van der Waals surface area contributed by atoms with Crippen molar-refractivity contribution in [1.82, 2.24) is 0 Å². The summed E-state index contributed by atoms with van der Waals surface area (Å²) in [6.45, 7) is 0. The van der Waals surface area contributed by atoms with Crippen molar-refractivity contribution in [2.45, 2.75) is 11.7 Å². The van der Waals surface area contributed by atoms with E-state index in [1.165, 1.54) is 0 Å². The molecule has 0 saturated carbocycles. The third-order valence-corrected chi connectivity index (χ3v) is 2.37. The Balaban J connectivity index is 2.58. The minimum atomic E-state index is -0.401. The Morgan fingerprint density at radius 2 is 2.00 bits per heavy atom. The van der Waals surface area contributed by atoms with E-state index in [1.807, 2.05) is 30.3 Å². The summed E-state index contributed by atoms with van der Waals surface area (Å²) < 4.78 is 0. The van der Waals surface area contributed by atoms with E-state index in [0.29, 0.717) is 6.42 Å². The summed E-state index contributed by atoms with van der Waals surface area (Å²) in [7, 11) is 0. The van der Waals surface area contributed by atoms with Crippen LogP contribution in [-0.4, -0.2) is 10.5 Å². The van der Waals surface area contributed by atoms with Gasteiger partial charge in [-0.25, -0.2) is 0 Å². The lowest BCUT2D eigenvalue weighted by atomic mass is 10.1. The van der Waals surface area contributed by atoms with Crippen molar-refractivity contribution >= 4 is 29.5 Å². The van der Waals surface area contributed by atoms with Gasteiger partial charge in [0.15, 0.2) is 0 Å². The molecule has 1 aromatic rings. The van der Waals surface area contributed by atoms with E-state index in [-0.39, 0.29) is 0 Å². The second-order valence-electron chi connectivity index (χ2n) is 2.51. The highest BCUT2D eigenvalue weighted by atomic mass is 35.5. The Labute approximate surface area is 82.1 Å². The standard InChI is InChI=1S/C9H9ClOS/c10-9(11)8(12)6-7-4-2-1-3-5-7/h1-5,8,12H,6H2. The van der Waals surface area contributed by atoms with Gasteiger partial charge in [0.25, 0.3) is 0 Å². The van der Waals surface area contributed by atoms with Crippen LogP contribution in [0, 0.1) is 0 Å². The van der Waals surface area contributed by atoms with Crippen LogP contribution in [0.25, 0.3) is 0 Å². The van der Waals surface area contributed by atoms with Crippen molar-refractivity contribution in [3.63, 3.8) is 0 Å². The van der Waals surface area contributed by atoms with E-state index in [2.05, 4.69) is 12.6 Å². The lowest BCUT2D eigenvalue weighted by Gasteiger charge is -2.04. The van der Waals surface area contributed by atoms with Crippen LogP contribution in [0.3, 0.4) is 0 Å². The molecule has 0 radical (unpaired) electrons.